The van der Waals surface area contributed by atoms with Crippen LogP contribution in [0.15, 0.2) is 54.6 Å². The molecular formula is C75H105O9P. The second kappa shape index (κ2) is 32.4. The highest BCUT2D eigenvalue weighted by molar-refractivity contribution is 7.41. The Bertz CT molecular complexity index is 2760. The first-order chi connectivity index (χ1) is 40.8. The van der Waals surface area contributed by atoms with Crippen molar-refractivity contribution < 1.29 is 42.0 Å². The molecule has 0 aromatic heterocycles. The Labute approximate surface area is 515 Å². The van der Waals surface area contributed by atoms with Gasteiger partial charge in [-0.3, -0.25) is 0 Å². The summed E-state index contributed by atoms with van der Waals surface area (Å²) in [4.78, 5) is 0. The zero-order valence-electron chi connectivity index (χ0n) is 56.2. The Balaban J connectivity index is 1.23. The number of ether oxygens (including phenoxy) is 6. The van der Waals surface area contributed by atoms with Crippen molar-refractivity contribution in [1.29, 1.82) is 0 Å². The van der Waals surface area contributed by atoms with Crippen molar-refractivity contribution in [1.82, 2.24) is 0 Å². The Morgan fingerprint density at radius 2 is 0.553 bits per heavy atom. The Kier molecular flexibility index (Phi) is 26.1. The minimum absolute atomic E-state index is 0.277. The van der Waals surface area contributed by atoms with Crippen LogP contribution >= 0.6 is 8.60 Å². The van der Waals surface area contributed by atoms with Crippen LogP contribution in [0.2, 0.25) is 0 Å². The van der Waals surface area contributed by atoms with Crippen molar-refractivity contribution in [2.24, 2.45) is 0 Å². The molecule has 0 amide bonds. The first-order valence-electron chi connectivity index (χ1n) is 31.9. The van der Waals surface area contributed by atoms with E-state index in [4.69, 9.17) is 42.0 Å². The van der Waals surface area contributed by atoms with E-state index in [0.717, 1.165) is 145 Å². The molecule has 9 nitrogen and oxygen atoms in total. The predicted molar refractivity (Wildman–Crippen MR) is 355 cm³/mol. The molecule has 0 bridgehead atoms. The van der Waals surface area contributed by atoms with Crippen LogP contribution < -0.4 is 28.4 Å². The first-order valence-corrected chi connectivity index (χ1v) is 33.0. The fourth-order valence-electron chi connectivity index (χ4n) is 13.0. The topological polar surface area (TPSA) is 83.1 Å². The highest BCUT2D eigenvalue weighted by Crippen LogP contribution is 2.46. The zero-order chi connectivity index (χ0) is 62.2. The molecule has 6 aromatic rings. The molecule has 464 valence electrons. The van der Waals surface area contributed by atoms with Crippen LogP contribution in [0.3, 0.4) is 0 Å². The van der Waals surface area contributed by atoms with Gasteiger partial charge in [-0.1, -0.05) is 83.1 Å². The largest absolute Gasteiger partial charge is 0.497 e. The van der Waals surface area contributed by atoms with Gasteiger partial charge in [0, 0.05) is 16.7 Å². The standard InChI is InChI=1S/C75H105O9P/c1-22-58-49(13)73(82-70-37-34-55(76-19)43-67(70)46(7)8)50(14)59(23-2)64(58)31-28-40-79-85(80-41-29-32-65-60(24-3)51(15)74(52(16)61(65)25-4)83-71-38-35-56(77-20)44-68(71)47(9)10)81-42-30-33-66-62(26-5)53(17)75(54(18)63(66)27-6)84-72-39-36-57(78-21)45-69(72)48(11)12/h34-39,43-48H,22-33,40-42H2,1-21H3. The molecular weight excluding hydrogens is 1080 g/mol. The maximum absolute atomic E-state index is 6.91. The molecule has 10 heteroatoms. The molecule has 0 saturated carbocycles. The maximum Gasteiger partial charge on any atom is 0.332 e. The molecule has 85 heavy (non-hydrogen) atoms. The normalized spacial score (nSPS) is 11.7. The van der Waals surface area contributed by atoms with Gasteiger partial charge in [0.05, 0.1) is 41.2 Å². The molecule has 0 N–H and O–H groups in total. The van der Waals surface area contributed by atoms with Crippen LogP contribution in [-0.2, 0) is 71.4 Å². The summed E-state index contributed by atoms with van der Waals surface area (Å²) in [6.07, 6.45) is 10.7. The van der Waals surface area contributed by atoms with Gasteiger partial charge in [-0.05, 0) is 274 Å². The van der Waals surface area contributed by atoms with Gasteiger partial charge in [-0.25, -0.2) is 0 Å². The van der Waals surface area contributed by atoms with E-state index in [9.17, 15) is 0 Å². The molecule has 0 aliphatic heterocycles. The third-order valence-corrected chi connectivity index (χ3v) is 18.7. The number of rotatable bonds is 33. The van der Waals surface area contributed by atoms with Crippen molar-refractivity contribution in [3.05, 3.63) is 155 Å². The van der Waals surface area contributed by atoms with Crippen LogP contribution in [0.4, 0.5) is 0 Å². The summed E-state index contributed by atoms with van der Waals surface area (Å²) in [5, 5.41) is 0. The van der Waals surface area contributed by atoms with Gasteiger partial charge in [-0.2, -0.15) is 0 Å². The van der Waals surface area contributed by atoms with E-state index in [0.29, 0.717) is 19.8 Å². The molecule has 0 heterocycles. The molecule has 6 rings (SSSR count). The van der Waals surface area contributed by atoms with Crippen molar-refractivity contribution >= 4 is 8.60 Å². The van der Waals surface area contributed by atoms with Gasteiger partial charge in [-0.15, -0.1) is 0 Å². The number of hydrogen-bond donors (Lipinski definition) is 0. The Hall–Kier alpha value is -5.57. The number of methoxy groups -OCH3 is 3. The van der Waals surface area contributed by atoms with Gasteiger partial charge >= 0.3 is 8.60 Å². The summed E-state index contributed by atoms with van der Waals surface area (Å²) in [6, 6.07) is 18.4. The Morgan fingerprint density at radius 1 is 0.329 bits per heavy atom. The van der Waals surface area contributed by atoms with E-state index in [1.54, 1.807) is 21.3 Å². The highest BCUT2D eigenvalue weighted by atomic mass is 31.2. The molecule has 0 saturated heterocycles. The van der Waals surface area contributed by atoms with Crippen LogP contribution in [0, 0.1) is 41.5 Å². The lowest BCUT2D eigenvalue weighted by Crippen LogP contribution is -2.10. The molecule has 6 aromatic carbocycles. The van der Waals surface area contributed by atoms with E-state index >= 15 is 0 Å². The lowest BCUT2D eigenvalue weighted by Gasteiger charge is -2.25. The molecule has 0 fully saturated rings. The highest BCUT2D eigenvalue weighted by Gasteiger charge is 2.26. The molecule has 0 aliphatic carbocycles. The van der Waals surface area contributed by atoms with Crippen molar-refractivity contribution in [2.45, 2.75) is 219 Å². The van der Waals surface area contributed by atoms with E-state index in [1.807, 2.05) is 18.2 Å². The van der Waals surface area contributed by atoms with Crippen molar-refractivity contribution in [3.63, 3.8) is 0 Å². The average Bonchev–Trinajstić information content (AvgIpc) is 1.78. The quantitative estimate of drug-likeness (QED) is 0.0296. The molecule has 0 atom stereocenters. The van der Waals surface area contributed by atoms with Crippen molar-refractivity contribution in [2.75, 3.05) is 41.2 Å². The second-order valence-corrected chi connectivity index (χ2v) is 24.9. The fourth-order valence-corrected chi connectivity index (χ4v) is 14.1. The smallest absolute Gasteiger partial charge is 0.332 e. The monoisotopic (exact) mass is 1180 g/mol. The third kappa shape index (κ3) is 16.1. The van der Waals surface area contributed by atoms with E-state index < -0.39 is 8.60 Å². The lowest BCUT2D eigenvalue weighted by atomic mass is 9.86. The van der Waals surface area contributed by atoms with Gasteiger partial charge in [0.1, 0.15) is 51.7 Å². The van der Waals surface area contributed by atoms with Crippen LogP contribution in [-0.4, -0.2) is 41.2 Å². The third-order valence-electron chi connectivity index (χ3n) is 17.5. The van der Waals surface area contributed by atoms with Gasteiger partial charge in [0.2, 0.25) is 0 Å². The van der Waals surface area contributed by atoms with E-state index in [1.165, 1.54) is 83.5 Å². The molecule has 0 unspecified atom stereocenters. The summed E-state index contributed by atoms with van der Waals surface area (Å²) >= 11 is 0. The second-order valence-electron chi connectivity index (χ2n) is 23.7. The summed E-state index contributed by atoms with van der Waals surface area (Å²) in [6.45, 7) is 41.7. The summed E-state index contributed by atoms with van der Waals surface area (Å²) in [5.41, 5.74) is 23.0. The molecule has 0 spiro atoms. The minimum atomic E-state index is -1.63. The van der Waals surface area contributed by atoms with Gasteiger partial charge < -0.3 is 42.0 Å². The maximum atomic E-state index is 6.91. The molecule has 0 aliphatic rings. The predicted octanol–water partition coefficient (Wildman–Crippen LogP) is 21.2. The van der Waals surface area contributed by atoms with Crippen LogP contribution in [0.25, 0.3) is 0 Å². The lowest BCUT2D eigenvalue weighted by molar-refractivity contribution is 0.156. The summed E-state index contributed by atoms with van der Waals surface area (Å²) in [7, 11) is 3.51. The minimum Gasteiger partial charge on any atom is -0.497 e. The van der Waals surface area contributed by atoms with Gasteiger partial charge in [0.25, 0.3) is 0 Å². The first kappa shape index (κ1) is 68.5. The number of benzene rings is 6. The van der Waals surface area contributed by atoms with Crippen LogP contribution in [0.5, 0.6) is 51.7 Å². The van der Waals surface area contributed by atoms with Crippen LogP contribution in [0.1, 0.15) is 220 Å². The number of hydrogen-bond acceptors (Lipinski definition) is 9. The SMILES string of the molecule is CCc1c(C)c(Oc2ccc(OC)cc2C(C)C)c(C)c(CC)c1CCCOP(OCCCc1c(CC)c(C)c(Oc2ccc(OC)cc2C(C)C)c(C)c1CC)OCCCc1c(CC)c(C)c(Oc2ccc(OC)cc2C(C)C)c(C)c1CC. The summed E-state index contributed by atoms with van der Waals surface area (Å²) < 4.78 is 57.8. The Morgan fingerprint density at radius 3 is 0.741 bits per heavy atom. The summed E-state index contributed by atoms with van der Waals surface area (Å²) in [5.74, 6) is 8.88. The van der Waals surface area contributed by atoms with Gasteiger partial charge in [0.15, 0.2) is 0 Å². The zero-order valence-corrected chi connectivity index (χ0v) is 57.1. The molecule has 0 radical (unpaired) electrons. The van der Waals surface area contributed by atoms with Crippen molar-refractivity contribution in [3.8, 4) is 51.7 Å². The van der Waals surface area contributed by atoms with E-state index in [2.05, 4.69) is 161 Å². The van der Waals surface area contributed by atoms with E-state index in [-0.39, 0.29) is 17.8 Å². The fraction of sp³-hybridized carbons (Fsp3) is 0.520. The average molecular weight is 1180 g/mol.